The molecule has 0 saturated carbocycles. The van der Waals surface area contributed by atoms with Crippen LogP contribution in [0, 0.1) is 12.7 Å². The largest absolute Gasteiger partial charge is 0.305 e. The number of thiophene rings is 1. The molecule has 0 spiro atoms. The monoisotopic (exact) mass is 327 g/mol. The van der Waals surface area contributed by atoms with Crippen molar-refractivity contribution < 1.29 is 4.39 Å². The van der Waals surface area contributed by atoms with Crippen LogP contribution in [0.3, 0.4) is 0 Å². The Labute approximate surface area is 119 Å². The van der Waals surface area contributed by atoms with Gasteiger partial charge in [0.05, 0.1) is 4.47 Å². The van der Waals surface area contributed by atoms with Gasteiger partial charge in [-0.05, 0) is 59.6 Å². The summed E-state index contributed by atoms with van der Waals surface area (Å²) in [5, 5.41) is 3.44. The van der Waals surface area contributed by atoms with Crippen molar-refractivity contribution in [3.05, 3.63) is 55.9 Å². The second kappa shape index (κ2) is 5.95. The zero-order chi connectivity index (χ0) is 13.1. The van der Waals surface area contributed by atoms with E-state index in [-0.39, 0.29) is 5.82 Å². The van der Waals surface area contributed by atoms with E-state index >= 15 is 0 Å². The highest BCUT2D eigenvalue weighted by Crippen LogP contribution is 2.23. The maximum absolute atomic E-state index is 13.1. The Morgan fingerprint density at radius 1 is 1.33 bits per heavy atom. The summed E-state index contributed by atoms with van der Waals surface area (Å²) in [6.45, 7) is 4.98. The Balaban J connectivity index is 1.97. The van der Waals surface area contributed by atoms with E-state index < -0.39 is 0 Å². The molecule has 0 bridgehead atoms. The molecule has 0 amide bonds. The molecule has 1 unspecified atom stereocenters. The minimum atomic E-state index is -0.222. The number of rotatable bonds is 4. The Kier molecular flexibility index (Phi) is 4.54. The fourth-order valence-corrected chi connectivity index (χ4v) is 3.04. The van der Waals surface area contributed by atoms with Crippen LogP contribution in [-0.2, 0) is 6.54 Å². The molecule has 2 rings (SSSR count). The van der Waals surface area contributed by atoms with Gasteiger partial charge in [0.1, 0.15) is 5.82 Å². The lowest BCUT2D eigenvalue weighted by Crippen LogP contribution is -2.17. The van der Waals surface area contributed by atoms with E-state index in [9.17, 15) is 4.39 Å². The van der Waals surface area contributed by atoms with E-state index in [0.717, 1.165) is 12.1 Å². The van der Waals surface area contributed by atoms with Crippen molar-refractivity contribution in [2.75, 3.05) is 0 Å². The molecule has 1 aromatic heterocycles. The summed E-state index contributed by atoms with van der Waals surface area (Å²) < 4.78 is 13.6. The van der Waals surface area contributed by atoms with Crippen molar-refractivity contribution >= 4 is 27.3 Å². The average molecular weight is 328 g/mol. The van der Waals surface area contributed by atoms with Crippen molar-refractivity contribution in [1.82, 2.24) is 5.32 Å². The maximum Gasteiger partial charge on any atom is 0.137 e. The first-order valence-corrected chi connectivity index (χ1v) is 7.41. The first-order valence-electron chi connectivity index (χ1n) is 5.80. The molecule has 0 fully saturated rings. The van der Waals surface area contributed by atoms with Gasteiger partial charge in [0, 0.05) is 22.3 Å². The van der Waals surface area contributed by atoms with Crippen LogP contribution in [0.4, 0.5) is 4.39 Å². The molecule has 18 heavy (non-hydrogen) atoms. The van der Waals surface area contributed by atoms with Crippen molar-refractivity contribution in [3.63, 3.8) is 0 Å². The van der Waals surface area contributed by atoms with Gasteiger partial charge in [0.25, 0.3) is 0 Å². The third-order valence-corrected chi connectivity index (χ3v) is 4.58. The van der Waals surface area contributed by atoms with E-state index in [2.05, 4.69) is 47.2 Å². The third kappa shape index (κ3) is 3.40. The summed E-state index contributed by atoms with van der Waals surface area (Å²) in [6.07, 6.45) is 0. The van der Waals surface area contributed by atoms with E-state index in [0.29, 0.717) is 10.5 Å². The topological polar surface area (TPSA) is 12.0 Å². The van der Waals surface area contributed by atoms with E-state index in [1.807, 2.05) is 6.07 Å². The zero-order valence-corrected chi connectivity index (χ0v) is 12.7. The fourth-order valence-electron chi connectivity index (χ4n) is 1.71. The average Bonchev–Trinajstić information content (AvgIpc) is 2.77. The van der Waals surface area contributed by atoms with Crippen LogP contribution < -0.4 is 5.32 Å². The highest BCUT2D eigenvalue weighted by Gasteiger charge is 2.07. The Morgan fingerprint density at radius 3 is 2.72 bits per heavy atom. The summed E-state index contributed by atoms with van der Waals surface area (Å²) in [4.78, 5) is 2.65. The predicted molar refractivity (Wildman–Crippen MR) is 78.4 cm³/mol. The molecule has 0 radical (unpaired) electrons. The minimum Gasteiger partial charge on any atom is -0.305 e. The maximum atomic E-state index is 13.1. The highest BCUT2D eigenvalue weighted by molar-refractivity contribution is 9.10. The molecule has 1 N–H and O–H groups in total. The molecule has 0 saturated heterocycles. The molecular formula is C14H15BrFNS. The fraction of sp³-hybridized carbons (Fsp3) is 0.286. The molecule has 96 valence electrons. The number of benzene rings is 1. The highest BCUT2D eigenvalue weighted by atomic mass is 79.9. The smallest absolute Gasteiger partial charge is 0.137 e. The van der Waals surface area contributed by atoms with Crippen LogP contribution in [0.15, 0.2) is 34.8 Å². The Bertz CT molecular complexity index is 538. The number of halogens is 2. The normalized spacial score (nSPS) is 12.7. The van der Waals surface area contributed by atoms with Crippen molar-refractivity contribution in [1.29, 1.82) is 0 Å². The molecular weight excluding hydrogens is 313 g/mol. The first-order chi connectivity index (χ1) is 8.56. The van der Waals surface area contributed by atoms with Gasteiger partial charge in [-0.15, -0.1) is 11.3 Å². The van der Waals surface area contributed by atoms with E-state index in [4.69, 9.17) is 0 Å². The summed E-state index contributed by atoms with van der Waals surface area (Å²) in [6, 6.07) is 9.70. The van der Waals surface area contributed by atoms with Crippen LogP contribution in [0.25, 0.3) is 0 Å². The van der Waals surface area contributed by atoms with Gasteiger partial charge < -0.3 is 5.32 Å². The van der Waals surface area contributed by atoms with Crippen LogP contribution in [0.2, 0.25) is 0 Å². The zero-order valence-electron chi connectivity index (χ0n) is 10.3. The third-order valence-electron chi connectivity index (χ3n) is 2.78. The lowest BCUT2D eigenvalue weighted by Gasteiger charge is -2.12. The van der Waals surface area contributed by atoms with Crippen LogP contribution in [-0.4, -0.2) is 0 Å². The van der Waals surface area contributed by atoms with E-state index in [1.54, 1.807) is 17.4 Å². The van der Waals surface area contributed by atoms with Gasteiger partial charge in [0.15, 0.2) is 0 Å². The Morgan fingerprint density at radius 2 is 2.11 bits per heavy atom. The van der Waals surface area contributed by atoms with Crippen LogP contribution >= 0.6 is 27.3 Å². The first kappa shape index (κ1) is 13.7. The standard InChI is InChI=1S/C14H15BrFNS/c1-9-3-6-14(18-9)10(2)17-8-11-4-5-13(16)12(15)7-11/h3-7,10,17H,8H2,1-2H3. The van der Waals surface area contributed by atoms with Crippen LogP contribution in [0.1, 0.15) is 28.3 Å². The van der Waals surface area contributed by atoms with Crippen molar-refractivity contribution in [2.24, 2.45) is 0 Å². The minimum absolute atomic E-state index is 0.222. The molecule has 4 heteroatoms. The van der Waals surface area contributed by atoms with Crippen LogP contribution in [0.5, 0.6) is 0 Å². The van der Waals surface area contributed by atoms with E-state index in [1.165, 1.54) is 15.8 Å². The second-order valence-corrected chi connectivity index (χ2v) is 6.47. The van der Waals surface area contributed by atoms with Crippen molar-refractivity contribution in [2.45, 2.75) is 26.4 Å². The van der Waals surface area contributed by atoms with Gasteiger partial charge in [0.2, 0.25) is 0 Å². The van der Waals surface area contributed by atoms with Gasteiger partial charge >= 0.3 is 0 Å². The molecule has 0 aliphatic carbocycles. The number of nitrogens with one attached hydrogen (secondary N) is 1. The molecule has 2 aromatic rings. The van der Waals surface area contributed by atoms with Gasteiger partial charge in [-0.1, -0.05) is 6.07 Å². The second-order valence-electron chi connectivity index (χ2n) is 4.30. The molecule has 1 atom stereocenters. The summed E-state index contributed by atoms with van der Waals surface area (Å²) in [7, 11) is 0. The molecule has 1 nitrogen and oxygen atoms in total. The lowest BCUT2D eigenvalue weighted by atomic mass is 10.2. The summed E-state index contributed by atoms with van der Waals surface area (Å²) in [5.74, 6) is -0.222. The lowest BCUT2D eigenvalue weighted by molar-refractivity contribution is 0.579. The van der Waals surface area contributed by atoms with Gasteiger partial charge in [-0.3, -0.25) is 0 Å². The summed E-state index contributed by atoms with van der Waals surface area (Å²) in [5.41, 5.74) is 1.07. The number of hydrogen-bond donors (Lipinski definition) is 1. The summed E-state index contributed by atoms with van der Waals surface area (Å²) >= 11 is 5.01. The number of aryl methyl sites for hydroxylation is 1. The van der Waals surface area contributed by atoms with Gasteiger partial charge in [-0.25, -0.2) is 4.39 Å². The molecule has 1 aromatic carbocycles. The SMILES string of the molecule is Cc1ccc(C(C)NCc2ccc(F)c(Br)c2)s1. The predicted octanol–water partition coefficient (Wildman–Crippen LogP) is 4.81. The number of hydrogen-bond acceptors (Lipinski definition) is 2. The van der Waals surface area contributed by atoms with Crippen molar-refractivity contribution in [3.8, 4) is 0 Å². The molecule has 1 heterocycles. The Hall–Kier alpha value is -0.710. The molecule has 0 aliphatic heterocycles. The quantitative estimate of drug-likeness (QED) is 0.849. The van der Waals surface area contributed by atoms with Gasteiger partial charge in [-0.2, -0.15) is 0 Å². The molecule has 0 aliphatic rings.